The topological polar surface area (TPSA) is 113 Å². The molecule has 2 aromatic carbocycles. The summed E-state index contributed by atoms with van der Waals surface area (Å²) in [6, 6.07) is 14.9. The van der Waals surface area contributed by atoms with E-state index < -0.39 is 4.92 Å². The van der Waals surface area contributed by atoms with Gasteiger partial charge in [0.1, 0.15) is 6.33 Å². The Hall–Kier alpha value is -4.01. The molecule has 1 aliphatic heterocycles. The van der Waals surface area contributed by atoms with Gasteiger partial charge in [0.05, 0.1) is 4.92 Å². The lowest BCUT2D eigenvalue weighted by molar-refractivity contribution is -0.383. The summed E-state index contributed by atoms with van der Waals surface area (Å²) in [6.07, 6.45) is 2.13. The maximum absolute atomic E-state index is 11.9. The molecule has 30 heavy (non-hydrogen) atoms. The molecule has 3 aromatic rings. The fourth-order valence-electron chi connectivity index (χ4n) is 3.51. The third-order valence-corrected chi connectivity index (χ3v) is 4.88. The molecule has 0 saturated heterocycles. The van der Waals surface area contributed by atoms with Crippen LogP contribution >= 0.6 is 0 Å². The van der Waals surface area contributed by atoms with Gasteiger partial charge in [-0.05, 0) is 41.8 Å². The van der Waals surface area contributed by atoms with Gasteiger partial charge in [-0.2, -0.15) is 0 Å². The highest BCUT2D eigenvalue weighted by molar-refractivity contribution is 5.89. The Morgan fingerprint density at radius 2 is 1.77 bits per heavy atom. The van der Waals surface area contributed by atoms with Crippen molar-refractivity contribution >= 4 is 34.6 Å². The second-order valence-corrected chi connectivity index (χ2v) is 6.98. The van der Waals surface area contributed by atoms with E-state index in [-0.39, 0.29) is 17.4 Å². The summed E-state index contributed by atoms with van der Waals surface area (Å²) in [5.74, 6) is 0.243. The highest BCUT2D eigenvalue weighted by Crippen LogP contribution is 2.35. The third-order valence-electron chi connectivity index (χ3n) is 4.88. The van der Waals surface area contributed by atoms with Gasteiger partial charge in [0.25, 0.3) is 0 Å². The van der Waals surface area contributed by atoms with Crippen LogP contribution in [0.15, 0.2) is 54.9 Å². The van der Waals surface area contributed by atoms with E-state index in [4.69, 9.17) is 0 Å². The Morgan fingerprint density at radius 1 is 1.07 bits per heavy atom. The van der Waals surface area contributed by atoms with Gasteiger partial charge in [0, 0.05) is 31.4 Å². The van der Waals surface area contributed by atoms with Gasteiger partial charge in [-0.25, -0.2) is 9.97 Å². The highest BCUT2D eigenvalue weighted by Gasteiger charge is 2.29. The van der Waals surface area contributed by atoms with E-state index in [1.165, 1.54) is 18.8 Å². The molecular formula is C21H20N6O3. The molecule has 1 amide bonds. The second-order valence-electron chi connectivity index (χ2n) is 6.98. The summed E-state index contributed by atoms with van der Waals surface area (Å²) >= 11 is 0. The first-order valence-electron chi connectivity index (χ1n) is 9.47. The van der Waals surface area contributed by atoms with Gasteiger partial charge < -0.3 is 15.5 Å². The van der Waals surface area contributed by atoms with Crippen LogP contribution in [0.5, 0.6) is 0 Å². The number of anilines is 4. The van der Waals surface area contributed by atoms with Crippen LogP contribution in [-0.4, -0.2) is 27.3 Å². The zero-order valence-electron chi connectivity index (χ0n) is 16.3. The van der Waals surface area contributed by atoms with E-state index in [0.29, 0.717) is 30.3 Å². The van der Waals surface area contributed by atoms with Gasteiger partial charge in [-0.3, -0.25) is 14.9 Å². The standard InChI is InChI=1S/C21H20N6O3/c1-14(28)24-17-6-8-18(9-7-17)25-20-19(27(29)30)21(23-13-22-20)26-11-10-15-4-2-3-5-16(15)12-26/h2-9,13H,10-12H2,1H3,(H,24,28)(H,22,23,25). The lowest BCUT2D eigenvalue weighted by atomic mass is 10.00. The highest BCUT2D eigenvalue weighted by atomic mass is 16.6. The molecule has 0 bridgehead atoms. The number of rotatable bonds is 5. The zero-order valence-corrected chi connectivity index (χ0v) is 16.3. The van der Waals surface area contributed by atoms with E-state index in [1.807, 2.05) is 23.1 Å². The fourth-order valence-corrected chi connectivity index (χ4v) is 3.51. The summed E-state index contributed by atoms with van der Waals surface area (Å²) < 4.78 is 0. The third kappa shape index (κ3) is 4.04. The smallest absolute Gasteiger partial charge is 0.346 e. The molecule has 0 saturated carbocycles. The van der Waals surface area contributed by atoms with Crippen molar-refractivity contribution in [2.45, 2.75) is 19.9 Å². The minimum absolute atomic E-state index is 0.121. The molecule has 0 aliphatic carbocycles. The average molecular weight is 404 g/mol. The quantitative estimate of drug-likeness (QED) is 0.493. The van der Waals surface area contributed by atoms with Crippen LogP contribution in [0.3, 0.4) is 0 Å². The van der Waals surface area contributed by atoms with E-state index >= 15 is 0 Å². The zero-order chi connectivity index (χ0) is 21.1. The molecule has 2 N–H and O–H groups in total. The molecule has 4 rings (SSSR count). The summed E-state index contributed by atoms with van der Waals surface area (Å²) in [6.45, 7) is 2.62. The predicted octanol–water partition coefficient (Wildman–Crippen LogP) is 3.65. The number of nitrogens with one attached hydrogen (secondary N) is 2. The van der Waals surface area contributed by atoms with Crippen LogP contribution in [0, 0.1) is 10.1 Å². The first-order chi connectivity index (χ1) is 14.5. The van der Waals surface area contributed by atoms with E-state index in [0.717, 1.165) is 12.0 Å². The first kappa shape index (κ1) is 19.3. The van der Waals surface area contributed by atoms with Crippen molar-refractivity contribution in [3.05, 3.63) is 76.1 Å². The maximum atomic E-state index is 11.9. The molecule has 0 spiro atoms. The first-order valence-corrected chi connectivity index (χ1v) is 9.47. The summed E-state index contributed by atoms with van der Waals surface area (Å²) in [5, 5.41) is 17.6. The number of amides is 1. The van der Waals surface area contributed by atoms with Crippen LogP contribution < -0.4 is 15.5 Å². The molecule has 1 aliphatic rings. The molecule has 0 fully saturated rings. The molecule has 9 nitrogen and oxygen atoms in total. The summed E-state index contributed by atoms with van der Waals surface area (Å²) in [7, 11) is 0. The van der Waals surface area contributed by atoms with Gasteiger partial charge in [-0.15, -0.1) is 0 Å². The van der Waals surface area contributed by atoms with E-state index in [9.17, 15) is 14.9 Å². The predicted molar refractivity (Wildman–Crippen MR) is 114 cm³/mol. The molecule has 1 aromatic heterocycles. The van der Waals surface area contributed by atoms with Crippen molar-refractivity contribution in [1.82, 2.24) is 9.97 Å². The van der Waals surface area contributed by atoms with Crippen molar-refractivity contribution in [1.29, 1.82) is 0 Å². The minimum atomic E-state index is -0.455. The lowest BCUT2D eigenvalue weighted by Crippen LogP contribution is -2.31. The molecule has 152 valence electrons. The van der Waals surface area contributed by atoms with Crippen LogP contribution in [0.2, 0.25) is 0 Å². The molecule has 0 radical (unpaired) electrons. The second kappa shape index (κ2) is 8.16. The number of hydrogen-bond donors (Lipinski definition) is 2. The molecule has 2 heterocycles. The monoisotopic (exact) mass is 404 g/mol. The van der Waals surface area contributed by atoms with Gasteiger partial charge in [-0.1, -0.05) is 24.3 Å². The average Bonchev–Trinajstić information content (AvgIpc) is 2.74. The molecule has 0 unspecified atom stereocenters. The molecular weight excluding hydrogens is 384 g/mol. The number of nitro groups is 1. The van der Waals surface area contributed by atoms with E-state index in [1.54, 1.807) is 24.3 Å². The number of aromatic nitrogens is 2. The molecule has 0 atom stereocenters. The molecule has 9 heteroatoms. The van der Waals surface area contributed by atoms with Crippen LogP contribution in [0.4, 0.5) is 28.7 Å². The maximum Gasteiger partial charge on any atom is 0.353 e. The van der Waals surface area contributed by atoms with Crippen molar-refractivity contribution in [3.8, 4) is 0 Å². The van der Waals surface area contributed by atoms with Crippen molar-refractivity contribution in [2.75, 3.05) is 22.1 Å². The number of carbonyl (C=O) groups excluding carboxylic acids is 1. The van der Waals surface area contributed by atoms with Gasteiger partial charge in [0.2, 0.25) is 17.5 Å². The van der Waals surface area contributed by atoms with Crippen molar-refractivity contribution in [3.63, 3.8) is 0 Å². The summed E-state index contributed by atoms with van der Waals surface area (Å²) in [5.41, 5.74) is 3.48. The SMILES string of the molecule is CC(=O)Nc1ccc(Nc2ncnc(N3CCc4ccccc4C3)c2[N+](=O)[O-])cc1. The summed E-state index contributed by atoms with van der Waals surface area (Å²) in [4.78, 5) is 32.9. The Bertz CT molecular complexity index is 1100. The Labute approximate surface area is 172 Å². The fraction of sp³-hybridized carbons (Fsp3) is 0.190. The van der Waals surface area contributed by atoms with E-state index in [2.05, 4.69) is 26.7 Å². The lowest BCUT2D eigenvalue weighted by Gasteiger charge is -2.29. The Balaban J connectivity index is 1.62. The van der Waals surface area contributed by atoms with Crippen LogP contribution in [0.1, 0.15) is 18.1 Å². The minimum Gasteiger partial charge on any atom is -0.346 e. The van der Waals surface area contributed by atoms with Crippen LogP contribution in [-0.2, 0) is 17.8 Å². The number of fused-ring (bicyclic) bond motifs is 1. The number of nitrogens with zero attached hydrogens (tertiary/aromatic N) is 4. The Morgan fingerprint density at radius 3 is 2.47 bits per heavy atom. The van der Waals surface area contributed by atoms with Gasteiger partial charge in [0.15, 0.2) is 0 Å². The normalized spacial score (nSPS) is 12.8. The Kier molecular flexibility index (Phi) is 5.25. The number of benzene rings is 2. The number of carbonyl (C=O) groups is 1. The van der Waals surface area contributed by atoms with Crippen LogP contribution in [0.25, 0.3) is 0 Å². The number of hydrogen-bond acceptors (Lipinski definition) is 7. The van der Waals surface area contributed by atoms with Crippen molar-refractivity contribution in [2.24, 2.45) is 0 Å². The van der Waals surface area contributed by atoms with Crippen molar-refractivity contribution < 1.29 is 9.72 Å². The largest absolute Gasteiger partial charge is 0.353 e. The van der Waals surface area contributed by atoms with Gasteiger partial charge >= 0.3 is 5.69 Å².